The Balaban J connectivity index is 2.97. The summed E-state index contributed by atoms with van der Waals surface area (Å²) in [4.78, 5) is 0.750. The van der Waals surface area contributed by atoms with Crippen molar-refractivity contribution in [2.24, 2.45) is 0 Å². The average molecular weight is 128 g/mol. The highest BCUT2D eigenvalue weighted by Gasteiger charge is 1.82. The molecule has 0 radical (unpaired) electrons. The van der Waals surface area contributed by atoms with E-state index in [4.69, 9.17) is 5.26 Å². The molecule has 0 amide bonds. The van der Waals surface area contributed by atoms with E-state index in [0.717, 1.165) is 4.99 Å². The van der Waals surface area contributed by atoms with Crippen molar-refractivity contribution in [1.82, 2.24) is 5.32 Å². The van der Waals surface area contributed by atoms with Crippen molar-refractivity contribution in [2.45, 2.75) is 13.3 Å². The van der Waals surface area contributed by atoms with Crippen LogP contribution in [0, 0.1) is 11.3 Å². The summed E-state index contributed by atoms with van der Waals surface area (Å²) >= 11 is 4.69. The molecular weight excluding hydrogens is 120 g/mol. The molecule has 0 aromatic heterocycles. The zero-order chi connectivity index (χ0) is 6.41. The topological polar surface area (TPSA) is 35.8 Å². The van der Waals surface area contributed by atoms with Crippen LogP contribution in [0.5, 0.6) is 0 Å². The van der Waals surface area contributed by atoms with Crippen LogP contribution < -0.4 is 5.32 Å². The van der Waals surface area contributed by atoms with Crippen LogP contribution in [0.3, 0.4) is 0 Å². The molecule has 2 nitrogen and oxygen atoms in total. The normalized spacial score (nSPS) is 7.50. The minimum absolute atomic E-state index is 0.522. The van der Waals surface area contributed by atoms with E-state index >= 15 is 0 Å². The summed E-state index contributed by atoms with van der Waals surface area (Å²) in [6, 6.07) is 2.00. The lowest BCUT2D eigenvalue weighted by atomic mass is 10.5. The number of nitrogens with zero attached hydrogens (tertiary/aromatic N) is 1. The number of hydrogen-bond acceptors (Lipinski definition) is 2. The molecule has 0 atom stereocenters. The molecule has 0 bridgehead atoms. The Morgan fingerprint density at radius 1 is 1.88 bits per heavy atom. The zero-order valence-electron chi connectivity index (χ0n) is 4.77. The van der Waals surface area contributed by atoms with Crippen LogP contribution >= 0.6 is 12.2 Å². The molecule has 0 saturated carbocycles. The minimum atomic E-state index is 0.522. The first-order valence-corrected chi connectivity index (χ1v) is 2.79. The van der Waals surface area contributed by atoms with Crippen molar-refractivity contribution >= 4 is 17.2 Å². The van der Waals surface area contributed by atoms with E-state index < -0.39 is 0 Å². The molecule has 0 heterocycles. The quantitative estimate of drug-likeness (QED) is 0.442. The van der Waals surface area contributed by atoms with Gasteiger partial charge in [-0.3, -0.25) is 0 Å². The Morgan fingerprint density at radius 2 is 2.50 bits per heavy atom. The second kappa shape index (κ2) is 4.54. The van der Waals surface area contributed by atoms with E-state index in [-0.39, 0.29) is 0 Å². The number of hydrogen-bond donors (Lipinski definition) is 1. The molecule has 1 N–H and O–H groups in total. The van der Waals surface area contributed by atoms with Crippen LogP contribution in [0.15, 0.2) is 0 Å². The van der Waals surface area contributed by atoms with Gasteiger partial charge in [0.1, 0.15) is 0 Å². The zero-order valence-corrected chi connectivity index (χ0v) is 5.59. The van der Waals surface area contributed by atoms with Gasteiger partial charge in [-0.2, -0.15) is 5.26 Å². The molecule has 44 valence electrons. The standard InChI is InChI=1S/C5H8N2S/c1-5(8)7-4-2-3-6/h2,4H2,1H3,(H,7,8). The lowest BCUT2D eigenvalue weighted by Gasteiger charge is -1.95. The van der Waals surface area contributed by atoms with Crippen molar-refractivity contribution in [3.8, 4) is 6.07 Å². The van der Waals surface area contributed by atoms with E-state index in [9.17, 15) is 0 Å². The largest absolute Gasteiger partial charge is 0.379 e. The summed E-state index contributed by atoms with van der Waals surface area (Å²) in [7, 11) is 0. The van der Waals surface area contributed by atoms with Gasteiger partial charge in [0.15, 0.2) is 0 Å². The Kier molecular flexibility index (Phi) is 4.19. The smallest absolute Gasteiger partial charge is 0.0722 e. The van der Waals surface area contributed by atoms with Gasteiger partial charge in [-0.15, -0.1) is 0 Å². The summed E-state index contributed by atoms with van der Waals surface area (Å²) in [6.45, 7) is 2.47. The minimum Gasteiger partial charge on any atom is -0.379 e. The molecule has 0 aliphatic carbocycles. The van der Waals surface area contributed by atoms with Crippen LogP contribution in [-0.2, 0) is 0 Å². The van der Waals surface area contributed by atoms with Gasteiger partial charge in [0, 0.05) is 6.54 Å². The predicted molar refractivity (Wildman–Crippen MR) is 36.5 cm³/mol. The number of nitrogens with one attached hydrogen (secondary N) is 1. The molecule has 0 fully saturated rings. The highest BCUT2D eigenvalue weighted by Crippen LogP contribution is 1.71. The Hall–Kier alpha value is -0.620. The first-order chi connectivity index (χ1) is 3.77. The van der Waals surface area contributed by atoms with Crippen LogP contribution in [0.1, 0.15) is 13.3 Å². The molecule has 0 spiro atoms. The van der Waals surface area contributed by atoms with Gasteiger partial charge < -0.3 is 5.32 Å². The molecule has 0 aliphatic rings. The lowest BCUT2D eigenvalue weighted by Crippen LogP contribution is -2.18. The third-order valence-corrected chi connectivity index (χ3v) is 0.755. The lowest BCUT2D eigenvalue weighted by molar-refractivity contribution is 0.904. The Bertz CT molecular complexity index is 114. The molecule has 0 rings (SSSR count). The fourth-order valence-corrected chi connectivity index (χ4v) is 0.396. The second-order valence-electron chi connectivity index (χ2n) is 1.39. The van der Waals surface area contributed by atoms with Crippen molar-refractivity contribution in [2.75, 3.05) is 6.54 Å². The monoisotopic (exact) mass is 128 g/mol. The molecule has 0 saturated heterocycles. The van der Waals surface area contributed by atoms with Crippen LogP contribution in [0.4, 0.5) is 0 Å². The summed E-state index contributed by atoms with van der Waals surface area (Å²) in [5.41, 5.74) is 0. The Labute approximate surface area is 54.5 Å². The van der Waals surface area contributed by atoms with Gasteiger partial charge in [-0.25, -0.2) is 0 Å². The van der Waals surface area contributed by atoms with Crippen LogP contribution in [-0.4, -0.2) is 11.5 Å². The summed E-state index contributed by atoms with van der Waals surface area (Å²) < 4.78 is 0. The van der Waals surface area contributed by atoms with E-state index in [0.29, 0.717) is 13.0 Å². The van der Waals surface area contributed by atoms with Gasteiger partial charge in [0.2, 0.25) is 0 Å². The van der Waals surface area contributed by atoms with Crippen LogP contribution in [0.25, 0.3) is 0 Å². The van der Waals surface area contributed by atoms with E-state index in [2.05, 4.69) is 17.5 Å². The SMILES string of the molecule is CC(=S)NCCC#N. The highest BCUT2D eigenvalue weighted by molar-refractivity contribution is 7.80. The van der Waals surface area contributed by atoms with E-state index in [1.165, 1.54) is 0 Å². The van der Waals surface area contributed by atoms with E-state index in [1.54, 1.807) is 6.92 Å². The van der Waals surface area contributed by atoms with Crippen molar-refractivity contribution < 1.29 is 0 Å². The molecular formula is C5H8N2S. The third kappa shape index (κ3) is 5.38. The molecule has 0 unspecified atom stereocenters. The first kappa shape index (κ1) is 7.38. The maximum atomic E-state index is 8.05. The number of thiocarbonyl (C=S) groups is 1. The first-order valence-electron chi connectivity index (χ1n) is 2.38. The van der Waals surface area contributed by atoms with Crippen molar-refractivity contribution in [1.29, 1.82) is 5.26 Å². The number of nitriles is 1. The molecule has 3 heteroatoms. The molecule has 8 heavy (non-hydrogen) atoms. The van der Waals surface area contributed by atoms with Gasteiger partial charge in [0.25, 0.3) is 0 Å². The maximum Gasteiger partial charge on any atom is 0.0722 e. The van der Waals surface area contributed by atoms with Crippen molar-refractivity contribution in [3.63, 3.8) is 0 Å². The van der Waals surface area contributed by atoms with Gasteiger partial charge >= 0.3 is 0 Å². The maximum absolute atomic E-state index is 8.05. The molecule has 0 aromatic rings. The van der Waals surface area contributed by atoms with Gasteiger partial charge in [0.05, 0.1) is 17.5 Å². The third-order valence-electron chi connectivity index (χ3n) is 0.611. The van der Waals surface area contributed by atoms with Crippen LogP contribution in [0.2, 0.25) is 0 Å². The molecule has 0 aromatic carbocycles. The summed E-state index contributed by atoms with van der Waals surface area (Å²) in [5.74, 6) is 0. The average Bonchev–Trinajstić information content (AvgIpc) is 1.66. The van der Waals surface area contributed by atoms with E-state index in [1.807, 2.05) is 6.07 Å². The highest BCUT2D eigenvalue weighted by atomic mass is 32.1. The van der Waals surface area contributed by atoms with Crippen molar-refractivity contribution in [3.05, 3.63) is 0 Å². The Morgan fingerprint density at radius 3 is 2.88 bits per heavy atom. The predicted octanol–water partition coefficient (Wildman–Crippen LogP) is 0.837. The number of rotatable bonds is 2. The fourth-order valence-electron chi connectivity index (χ4n) is 0.294. The summed E-state index contributed by atoms with van der Waals surface area (Å²) in [6.07, 6.45) is 0.522. The fraction of sp³-hybridized carbons (Fsp3) is 0.600. The second-order valence-corrected chi connectivity index (χ2v) is 2.00. The van der Waals surface area contributed by atoms with Gasteiger partial charge in [-0.05, 0) is 6.92 Å². The molecule has 0 aliphatic heterocycles. The summed E-state index contributed by atoms with van der Waals surface area (Å²) in [5, 5.41) is 10.9. The van der Waals surface area contributed by atoms with Gasteiger partial charge in [-0.1, -0.05) is 12.2 Å².